The lowest BCUT2D eigenvalue weighted by Crippen LogP contribution is -2.31. The Bertz CT molecular complexity index is 531. The average molecular weight is 338 g/mol. The van der Waals surface area contributed by atoms with E-state index in [4.69, 9.17) is 0 Å². The van der Waals surface area contributed by atoms with Crippen LogP contribution in [0.3, 0.4) is 0 Å². The van der Waals surface area contributed by atoms with Gasteiger partial charge in [-0.05, 0) is 79.9 Å². The van der Waals surface area contributed by atoms with Gasteiger partial charge in [0.1, 0.15) is 0 Å². The van der Waals surface area contributed by atoms with Gasteiger partial charge in [0.15, 0.2) is 17.5 Å². The summed E-state index contributed by atoms with van der Waals surface area (Å²) in [6, 6.07) is 2.31. The van der Waals surface area contributed by atoms with Crippen LogP contribution in [0.4, 0.5) is 13.2 Å². The molecule has 2 aliphatic rings. The molecule has 1 aromatic carbocycles. The first-order valence-electron chi connectivity index (χ1n) is 9.70. The van der Waals surface area contributed by atoms with Crippen molar-refractivity contribution in [3.63, 3.8) is 0 Å². The van der Waals surface area contributed by atoms with Gasteiger partial charge in [0.25, 0.3) is 0 Å². The summed E-state index contributed by atoms with van der Waals surface area (Å²) in [7, 11) is 0. The zero-order chi connectivity index (χ0) is 17.1. The van der Waals surface area contributed by atoms with Crippen molar-refractivity contribution >= 4 is 0 Å². The van der Waals surface area contributed by atoms with Gasteiger partial charge >= 0.3 is 0 Å². The van der Waals surface area contributed by atoms with Crippen LogP contribution in [-0.2, 0) is 6.42 Å². The summed E-state index contributed by atoms with van der Waals surface area (Å²) in [4.78, 5) is 0. The number of hydrogen-bond donors (Lipinski definition) is 0. The van der Waals surface area contributed by atoms with Crippen LogP contribution in [0.25, 0.3) is 0 Å². The molecule has 3 rings (SSSR count). The molecule has 4 atom stereocenters. The summed E-state index contributed by atoms with van der Waals surface area (Å²) in [5.74, 6) is -0.122. The lowest BCUT2D eigenvalue weighted by molar-refractivity contribution is 0.0921. The normalized spacial score (nSPS) is 30.2. The Balaban J connectivity index is 1.50. The molecule has 0 spiro atoms. The van der Waals surface area contributed by atoms with Crippen molar-refractivity contribution in [2.75, 3.05) is 0 Å². The van der Waals surface area contributed by atoms with Crippen LogP contribution >= 0.6 is 0 Å². The smallest absolute Gasteiger partial charge is 0.194 e. The first kappa shape index (κ1) is 17.8. The lowest BCUT2D eigenvalue weighted by atomic mass is 9.63. The van der Waals surface area contributed by atoms with Gasteiger partial charge < -0.3 is 0 Å². The summed E-state index contributed by atoms with van der Waals surface area (Å²) in [5, 5.41) is 0. The summed E-state index contributed by atoms with van der Waals surface area (Å²) < 4.78 is 39.7. The third-order valence-electron chi connectivity index (χ3n) is 6.41. The van der Waals surface area contributed by atoms with E-state index in [-0.39, 0.29) is 0 Å². The lowest BCUT2D eigenvalue weighted by Gasteiger charge is -2.42. The minimum absolute atomic E-state index is 0.583. The summed E-state index contributed by atoms with van der Waals surface area (Å²) in [5.41, 5.74) is 0.583. The number of aryl methyl sites for hydroxylation is 1. The van der Waals surface area contributed by atoms with Crippen molar-refractivity contribution in [3.05, 3.63) is 35.1 Å². The molecule has 0 N–H and O–H groups in total. The van der Waals surface area contributed by atoms with Crippen LogP contribution in [0.5, 0.6) is 0 Å². The fraction of sp³-hybridized carbons (Fsp3) is 0.714. The molecular formula is C21H29F3. The van der Waals surface area contributed by atoms with E-state index in [2.05, 4.69) is 6.92 Å². The highest BCUT2D eigenvalue weighted by molar-refractivity contribution is 5.19. The second-order valence-corrected chi connectivity index (χ2v) is 8.08. The molecule has 0 nitrogen and oxygen atoms in total. The third kappa shape index (κ3) is 4.15. The largest absolute Gasteiger partial charge is 0.204 e. The van der Waals surface area contributed by atoms with Crippen molar-refractivity contribution < 1.29 is 13.2 Å². The molecule has 134 valence electrons. The Hall–Kier alpha value is -0.990. The zero-order valence-corrected chi connectivity index (χ0v) is 14.7. The van der Waals surface area contributed by atoms with Crippen molar-refractivity contribution in [2.24, 2.45) is 23.7 Å². The van der Waals surface area contributed by atoms with Gasteiger partial charge in [0.05, 0.1) is 0 Å². The molecule has 0 aliphatic heterocycles. The maximum atomic E-state index is 13.3. The monoisotopic (exact) mass is 338 g/mol. The summed E-state index contributed by atoms with van der Waals surface area (Å²) >= 11 is 0. The molecule has 0 heterocycles. The van der Waals surface area contributed by atoms with E-state index in [0.717, 1.165) is 36.3 Å². The van der Waals surface area contributed by atoms with Gasteiger partial charge in [-0.25, -0.2) is 13.2 Å². The van der Waals surface area contributed by atoms with Gasteiger partial charge in [0.2, 0.25) is 0 Å². The van der Waals surface area contributed by atoms with Crippen molar-refractivity contribution in [2.45, 2.75) is 71.1 Å². The van der Waals surface area contributed by atoms with Crippen LogP contribution in [0, 0.1) is 41.1 Å². The van der Waals surface area contributed by atoms with Crippen molar-refractivity contribution in [3.8, 4) is 0 Å². The Kier molecular flexibility index (Phi) is 5.89. The molecule has 0 saturated heterocycles. The molecule has 2 saturated carbocycles. The molecule has 1 aromatic rings. The fourth-order valence-electron chi connectivity index (χ4n) is 5.14. The molecule has 0 radical (unpaired) electrons. The minimum Gasteiger partial charge on any atom is -0.204 e. The molecule has 24 heavy (non-hydrogen) atoms. The Morgan fingerprint density at radius 1 is 0.833 bits per heavy atom. The van der Waals surface area contributed by atoms with Gasteiger partial charge in [-0.3, -0.25) is 0 Å². The number of halogens is 3. The van der Waals surface area contributed by atoms with E-state index in [1.165, 1.54) is 51.4 Å². The summed E-state index contributed by atoms with van der Waals surface area (Å²) in [6.45, 7) is 2.28. The number of rotatable bonds is 5. The van der Waals surface area contributed by atoms with E-state index in [9.17, 15) is 13.2 Å². The van der Waals surface area contributed by atoms with E-state index in [1.54, 1.807) is 0 Å². The van der Waals surface area contributed by atoms with Crippen LogP contribution in [-0.4, -0.2) is 0 Å². The molecule has 3 heteroatoms. The van der Waals surface area contributed by atoms with Crippen LogP contribution in [0.15, 0.2) is 12.1 Å². The molecular weight excluding hydrogens is 309 g/mol. The fourth-order valence-corrected chi connectivity index (χ4v) is 5.14. The maximum Gasteiger partial charge on any atom is 0.194 e. The second-order valence-electron chi connectivity index (χ2n) is 8.08. The number of benzene rings is 1. The Morgan fingerprint density at radius 3 is 1.92 bits per heavy atom. The molecule has 4 unspecified atom stereocenters. The first-order chi connectivity index (χ1) is 11.6. The molecule has 0 amide bonds. The topological polar surface area (TPSA) is 0 Å². The standard InChI is InChI=1S/C21H29F3/c1-2-3-14-6-8-18-11-15(7-9-17(18)10-14)4-5-16-12-19(22)21(24)20(23)13-16/h12-15,17-18H,2-11H2,1H3. The highest BCUT2D eigenvalue weighted by atomic mass is 19.2. The maximum absolute atomic E-state index is 13.3. The molecule has 2 fully saturated rings. The van der Waals surface area contributed by atoms with Crippen LogP contribution in [0.2, 0.25) is 0 Å². The van der Waals surface area contributed by atoms with E-state index in [1.807, 2.05) is 0 Å². The molecule has 0 bridgehead atoms. The van der Waals surface area contributed by atoms with Gasteiger partial charge in [-0.1, -0.05) is 32.6 Å². The molecule has 0 aromatic heterocycles. The third-order valence-corrected chi connectivity index (χ3v) is 6.41. The van der Waals surface area contributed by atoms with Gasteiger partial charge in [-0.2, -0.15) is 0 Å². The SMILES string of the molecule is CCCC1CCC2CC(CCc3cc(F)c(F)c(F)c3)CCC2C1. The van der Waals surface area contributed by atoms with Gasteiger partial charge in [0, 0.05) is 0 Å². The number of hydrogen-bond acceptors (Lipinski definition) is 0. The minimum atomic E-state index is -1.36. The Labute approximate surface area is 143 Å². The van der Waals surface area contributed by atoms with Crippen LogP contribution < -0.4 is 0 Å². The predicted molar refractivity (Wildman–Crippen MR) is 91.2 cm³/mol. The van der Waals surface area contributed by atoms with E-state index < -0.39 is 17.5 Å². The van der Waals surface area contributed by atoms with E-state index in [0.29, 0.717) is 17.9 Å². The van der Waals surface area contributed by atoms with Crippen LogP contribution in [0.1, 0.15) is 70.3 Å². The average Bonchev–Trinajstić information content (AvgIpc) is 2.58. The summed E-state index contributed by atoms with van der Waals surface area (Å²) in [6.07, 6.45) is 12.3. The first-order valence-corrected chi connectivity index (χ1v) is 9.70. The highest BCUT2D eigenvalue weighted by Gasteiger charge is 2.35. The molecule has 2 aliphatic carbocycles. The second kappa shape index (κ2) is 7.93. The Morgan fingerprint density at radius 2 is 1.38 bits per heavy atom. The van der Waals surface area contributed by atoms with Crippen molar-refractivity contribution in [1.82, 2.24) is 0 Å². The van der Waals surface area contributed by atoms with E-state index >= 15 is 0 Å². The van der Waals surface area contributed by atoms with Gasteiger partial charge in [-0.15, -0.1) is 0 Å². The van der Waals surface area contributed by atoms with Crippen molar-refractivity contribution in [1.29, 1.82) is 0 Å². The quantitative estimate of drug-likeness (QED) is 0.526. The zero-order valence-electron chi connectivity index (χ0n) is 14.7. The highest BCUT2D eigenvalue weighted by Crippen LogP contribution is 2.46. The number of fused-ring (bicyclic) bond motifs is 1. The predicted octanol–water partition coefficient (Wildman–Crippen LogP) is 6.67.